The van der Waals surface area contributed by atoms with Gasteiger partial charge in [0.05, 0.1) is 22.2 Å². The second kappa shape index (κ2) is 8.04. The van der Waals surface area contributed by atoms with E-state index in [1.165, 1.54) is 0 Å². The van der Waals surface area contributed by atoms with Crippen molar-refractivity contribution in [2.24, 2.45) is 5.92 Å². The molecular weight excluding hydrogens is 347 g/mol. The van der Waals surface area contributed by atoms with Crippen molar-refractivity contribution in [1.29, 1.82) is 0 Å². The van der Waals surface area contributed by atoms with E-state index in [4.69, 9.17) is 27.9 Å². The van der Waals surface area contributed by atoms with Gasteiger partial charge in [-0.05, 0) is 37.5 Å². The SMILES string of the molecule is Cc1nn(CC(C)C)c(C)c1CC(=O)OCc1ccc(Cl)c(Cl)c1. The van der Waals surface area contributed by atoms with Crippen LogP contribution in [-0.4, -0.2) is 15.7 Å². The molecule has 0 atom stereocenters. The first-order valence-electron chi connectivity index (χ1n) is 7.90. The molecule has 0 spiro atoms. The topological polar surface area (TPSA) is 44.1 Å². The van der Waals surface area contributed by atoms with Crippen LogP contribution in [0.3, 0.4) is 0 Å². The number of hydrogen-bond donors (Lipinski definition) is 0. The Balaban J connectivity index is 1.99. The van der Waals surface area contributed by atoms with Crippen LogP contribution in [0, 0.1) is 19.8 Å². The van der Waals surface area contributed by atoms with Crippen molar-refractivity contribution >= 4 is 29.2 Å². The quantitative estimate of drug-likeness (QED) is 0.691. The summed E-state index contributed by atoms with van der Waals surface area (Å²) < 4.78 is 7.31. The summed E-state index contributed by atoms with van der Waals surface area (Å²) >= 11 is 11.8. The summed E-state index contributed by atoms with van der Waals surface area (Å²) in [4.78, 5) is 12.2. The average Bonchev–Trinajstić information content (AvgIpc) is 2.75. The molecule has 0 bridgehead atoms. The molecule has 1 aromatic heterocycles. The molecule has 0 aliphatic heterocycles. The zero-order valence-corrected chi connectivity index (χ0v) is 15.9. The Morgan fingerprint density at radius 2 is 1.96 bits per heavy atom. The summed E-state index contributed by atoms with van der Waals surface area (Å²) in [5.74, 6) is 0.217. The highest BCUT2D eigenvalue weighted by Gasteiger charge is 2.16. The van der Waals surface area contributed by atoms with Crippen LogP contribution < -0.4 is 0 Å². The number of benzene rings is 1. The lowest BCUT2D eigenvalue weighted by Gasteiger charge is -2.08. The monoisotopic (exact) mass is 368 g/mol. The highest BCUT2D eigenvalue weighted by molar-refractivity contribution is 6.42. The van der Waals surface area contributed by atoms with Gasteiger partial charge in [0.25, 0.3) is 0 Å². The fourth-order valence-electron chi connectivity index (χ4n) is 2.50. The van der Waals surface area contributed by atoms with Crippen molar-refractivity contribution in [3.05, 3.63) is 50.8 Å². The minimum absolute atomic E-state index is 0.175. The fourth-order valence-corrected chi connectivity index (χ4v) is 2.82. The second-order valence-corrected chi connectivity index (χ2v) is 7.13. The molecule has 0 N–H and O–H groups in total. The van der Waals surface area contributed by atoms with Crippen LogP contribution in [0.5, 0.6) is 0 Å². The molecule has 2 aromatic rings. The van der Waals surface area contributed by atoms with E-state index in [-0.39, 0.29) is 19.0 Å². The van der Waals surface area contributed by atoms with Crippen molar-refractivity contribution < 1.29 is 9.53 Å². The predicted octanol–water partition coefficient (Wildman–Crippen LogP) is 4.75. The number of rotatable bonds is 6. The van der Waals surface area contributed by atoms with E-state index in [9.17, 15) is 4.79 Å². The Labute approximate surface area is 152 Å². The molecule has 0 aliphatic rings. The van der Waals surface area contributed by atoms with Crippen LogP contribution in [0.4, 0.5) is 0 Å². The molecule has 0 radical (unpaired) electrons. The lowest BCUT2D eigenvalue weighted by molar-refractivity contribution is -0.144. The zero-order chi connectivity index (χ0) is 17.9. The molecule has 0 amide bonds. The summed E-state index contributed by atoms with van der Waals surface area (Å²) in [5.41, 5.74) is 3.64. The van der Waals surface area contributed by atoms with Crippen LogP contribution >= 0.6 is 23.2 Å². The Morgan fingerprint density at radius 3 is 2.58 bits per heavy atom. The third-order valence-electron chi connectivity index (χ3n) is 3.77. The fraction of sp³-hybridized carbons (Fsp3) is 0.444. The first kappa shape index (κ1) is 18.8. The zero-order valence-electron chi connectivity index (χ0n) is 14.4. The summed E-state index contributed by atoms with van der Waals surface area (Å²) in [7, 11) is 0. The number of hydrogen-bond acceptors (Lipinski definition) is 3. The Hall–Kier alpha value is -1.52. The number of carbonyl (C=O) groups is 1. The van der Waals surface area contributed by atoms with Gasteiger partial charge in [0.15, 0.2) is 0 Å². The molecule has 1 aromatic carbocycles. The smallest absolute Gasteiger partial charge is 0.310 e. The largest absolute Gasteiger partial charge is 0.461 e. The Morgan fingerprint density at radius 1 is 1.25 bits per heavy atom. The third-order valence-corrected chi connectivity index (χ3v) is 4.51. The van der Waals surface area contributed by atoms with E-state index in [1.54, 1.807) is 18.2 Å². The van der Waals surface area contributed by atoms with Crippen LogP contribution in [0.2, 0.25) is 10.0 Å². The number of aryl methyl sites for hydroxylation is 1. The van der Waals surface area contributed by atoms with Crippen LogP contribution in [0.1, 0.15) is 36.4 Å². The van der Waals surface area contributed by atoms with Gasteiger partial charge in [-0.1, -0.05) is 43.1 Å². The molecule has 6 heteroatoms. The van der Waals surface area contributed by atoms with Gasteiger partial charge >= 0.3 is 5.97 Å². The summed E-state index contributed by atoms with van der Waals surface area (Å²) in [6, 6.07) is 5.18. The minimum Gasteiger partial charge on any atom is -0.461 e. The van der Waals surface area contributed by atoms with Gasteiger partial charge in [-0.15, -0.1) is 0 Å². The third kappa shape index (κ3) is 4.74. The van der Waals surface area contributed by atoms with E-state index in [1.807, 2.05) is 18.5 Å². The van der Waals surface area contributed by atoms with Crippen molar-refractivity contribution in [3.63, 3.8) is 0 Å². The molecule has 24 heavy (non-hydrogen) atoms. The van der Waals surface area contributed by atoms with Crippen LogP contribution in [0.15, 0.2) is 18.2 Å². The number of halogens is 2. The molecule has 0 unspecified atom stereocenters. The standard InChI is InChI=1S/C18H22Cl2N2O2/c1-11(2)9-22-13(4)15(12(3)21-22)8-18(23)24-10-14-5-6-16(19)17(20)7-14/h5-7,11H,8-10H2,1-4H3. The number of aromatic nitrogens is 2. The van der Waals surface area contributed by atoms with Crippen molar-refractivity contribution in [2.45, 2.75) is 47.3 Å². The van der Waals surface area contributed by atoms with Gasteiger partial charge in [-0.2, -0.15) is 5.10 Å². The van der Waals surface area contributed by atoms with Crippen LogP contribution in [-0.2, 0) is 29.1 Å². The second-order valence-electron chi connectivity index (χ2n) is 6.31. The average molecular weight is 369 g/mol. The highest BCUT2D eigenvalue weighted by atomic mass is 35.5. The Kier molecular flexibility index (Phi) is 6.30. The summed E-state index contributed by atoms with van der Waals surface area (Å²) in [6.45, 7) is 9.21. The van der Waals surface area contributed by atoms with Gasteiger partial charge in [0, 0.05) is 17.8 Å². The maximum absolute atomic E-state index is 12.2. The Bertz CT molecular complexity index is 739. The lowest BCUT2D eigenvalue weighted by atomic mass is 10.1. The molecule has 0 aliphatic carbocycles. The van der Waals surface area contributed by atoms with E-state index in [2.05, 4.69) is 18.9 Å². The maximum atomic E-state index is 12.2. The predicted molar refractivity (Wildman–Crippen MR) is 96.5 cm³/mol. The molecule has 130 valence electrons. The molecule has 0 saturated carbocycles. The van der Waals surface area contributed by atoms with Gasteiger partial charge in [-0.25, -0.2) is 0 Å². The van der Waals surface area contributed by atoms with E-state index < -0.39 is 0 Å². The number of nitrogens with zero attached hydrogens (tertiary/aromatic N) is 2. The first-order valence-corrected chi connectivity index (χ1v) is 8.66. The highest BCUT2D eigenvalue weighted by Crippen LogP contribution is 2.23. The molecule has 2 rings (SSSR count). The van der Waals surface area contributed by atoms with Gasteiger partial charge in [0.1, 0.15) is 6.61 Å². The minimum atomic E-state index is -0.281. The summed E-state index contributed by atoms with van der Waals surface area (Å²) in [5, 5.41) is 5.45. The molecule has 4 nitrogen and oxygen atoms in total. The van der Waals surface area contributed by atoms with Crippen molar-refractivity contribution in [1.82, 2.24) is 9.78 Å². The molecule has 1 heterocycles. The number of carbonyl (C=O) groups excluding carboxylic acids is 1. The summed E-state index contributed by atoms with van der Waals surface area (Å²) in [6.07, 6.45) is 0.219. The maximum Gasteiger partial charge on any atom is 0.310 e. The lowest BCUT2D eigenvalue weighted by Crippen LogP contribution is -2.11. The van der Waals surface area contributed by atoms with Crippen LogP contribution in [0.25, 0.3) is 0 Å². The number of ether oxygens (including phenoxy) is 1. The van der Waals surface area contributed by atoms with Crippen molar-refractivity contribution in [3.8, 4) is 0 Å². The molecular formula is C18H22Cl2N2O2. The van der Waals surface area contributed by atoms with E-state index >= 15 is 0 Å². The molecule has 0 fully saturated rings. The van der Waals surface area contributed by atoms with Crippen molar-refractivity contribution in [2.75, 3.05) is 0 Å². The number of esters is 1. The van der Waals surface area contributed by atoms with E-state index in [0.717, 1.165) is 29.1 Å². The normalized spacial score (nSPS) is 11.1. The molecule has 0 saturated heterocycles. The van der Waals surface area contributed by atoms with E-state index in [0.29, 0.717) is 16.0 Å². The van der Waals surface area contributed by atoms with Gasteiger partial charge in [-0.3, -0.25) is 9.48 Å². The van der Waals surface area contributed by atoms with Gasteiger partial charge < -0.3 is 4.74 Å². The van der Waals surface area contributed by atoms with Gasteiger partial charge in [0.2, 0.25) is 0 Å². The first-order chi connectivity index (χ1) is 11.3.